The lowest BCUT2D eigenvalue weighted by Gasteiger charge is -2.25. The van der Waals surface area contributed by atoms with Crippen LogP contribution >= 0.6 is 0 Å². The first-order valence-electron chi connectivity index (χ1n) is 13.3. The fourth-order valence-corrected chi connectivity index (χ4v) is 5.35. The van der Waals surface area contributed by atoms with Crippen LogP contribution in [0.15, 0.2) is 85.1 Å². The molecule has 0 saturated heterocycles. The van der Waals surface area contributed by atoms with Gasteiger partial charge in [0.15, 0.2) is 11.5 Å². The summed E-state index contributed by atoms with van der Waals surface area (Å²) >= 11 is 0. The van der Waals surface area contributed by atoms with E-state index in [0.29, 0.717) is 53.3 Å². The number of carboxylic acid groups (broad SMARTS) is 1. The number of rotatable bonds is 6. The molecule has 5 aromatic rings. The highest BCUT2D eigenvalue weighted by Crippen LogP contribution is 2.33. The number of nitrogen functional groups attached to an aromatic ring is 1. The lowest BCUT2D eigenvalue weighted by Crippen LogP contribution is -2.30. The Hall–Kier alpha value is -5.05. The Morgan fingerprint density at radius 1 is 0.900 bits per heavy atom. The summed E-state index contributed by atoms with van der Waals surface area (Å²) in [5.74, 6) is -0.787. The van der Waals surface area contributed by atoms with E-state index in [4.69, 9.17) is 15.7 Å². The second kappa shape index (κ2) is 10.6. The van der Waals surface area contributed by atoms with Gasteiger partial charge in [-0.1, -0.05) is 36.8 Å². The molecule has 2 unspecified atom stereocenters. The minimum Gasteiger partial charge on any atom is -0.481 e. The van der Waals surface area contributed by atoms with Gasteiger partial charge in [0.25, 0.3) is 0 Å². The van der Waals surface area contributed by atoms with Gasteiger partial charge in [-0.15, -0.1) is 0 Å². The van der Waals surface area contributed by atoms with E-state index in [1.54, 1.807) is 6.20 Å². The number of carbonyl (C=O) groups is 2. The van der Waals surface area contributed by atoms with Crippen LogP contribution in [-0.2, 0) is 9.59 Å². The summed E-state index contributed by atoms with van der Waals surface area (Å²) in [7, 11) is 0. The second-order valence-electron chi connectivity index (χ2n) is 10.0. The molecule has 40 heavy (non-hydrogen) atoms. The molecule has 0 radical (unpaired) electrons. The van der Waals surface area contributed by atoms with Crippen molar-refractivity contribution in [1.82, 2.24) is 19.5 Å². The van der Waals surface area contributed by atoms with Crippen LogP contribution in [0.5, 0.6) is 0 Å². The molecule has 1 fully saturated rings. The molecule has 3 heterocycles. The molecule has 1 aliphatic carbocycles. The maximum atomic E-state index is 12.9. The molecule has 0 spiro atoms. The summed E-state index contributed by atoms with van der Waals surface area (Å²) in [5, 5.41) is 12.3. The first-order valence-corrected chi connectivity index (χ1v) is 13.3. The number of amides is 1. The standard InChI is InChI=1S/C31H28N6O3/c32-27-24(10-5-17-33-27)28-36-26-16-15-25(19-6-2-1-3-7-19)35-29(26)37(28)23-13-11-22(12-14-23)34-30(38)20-8-4-9-21(18-20)31(39)40/h1-3,5-7,10-17,20-21H,4,8-9,18H2,(H2,32,33)(H,34,38)(H,39,40). The Morgan fingerprint density at radius 2 is 1.68 bits per heavy atom. The molecule has 3 aromatic heterocycles. The zero-order valence-corrected chi connectivity index (χ0v) is 21.7. The maximum absolute atomic E-state index is 12.9. The Bertz CT molecular complexity index is 1700. The number of benzene rings is 2. The zero-order valence-electron chi connectivity index (χ0n) is 21.7. The van der Waals surface area contributed by atoms with Crippen LogP contribution in [0.2, 0.25) is 0 Å². The lowest BCUT2D eigenvalue weighted by atomic mass is 9.81. The van der Waals surface area contributed by atoms with Gasteiger partial charge >= 0.3 is 5.97 Å². The molecule has 4 N–H and O–H groups in total. The largest absolute Gasteiger partial charge is 0.481 e. The quantitative estimate of drug-likeness (QED) is 0.260. The predicted octanol–water partition coefficient (Wildman–Crippen LogP) is 5.56. The number of nitrogens with two attached hydrogens (primary N) is 1. The van der Waals surface area contributed by atoms with Crippen molar-refractivity contribution in [2.75, 3.05) is 11.1 Å². The summed E-state index contributed by atoms with van der Waals surface area (Å²) < 4.78 is 1.94. The van der Waals surface area contributed by atoms with E-state index in [2.05, 4.69) is 10.3 Å². The third kappa shape index (κ3) is 4.89. The number of nitrogens with one attached hydrogen (secondary N) is 1. The molecular formula is C31H28N6O3. The van der Waals surface area contributed by atoms with Crippen molar-refractivity contribution < 1.29 is 14.7 Å². The maximum Gasteiger partial charge on any atom is 0.306 e. The normalized spacial score (nSPS) is 17.0. The van der Waals surface area contributed by atoms with Gasteiger partial charge in [-0.05, 0) is 67.8 Å². The first kappa shape index (κ1) is 25.2. The van der Waals surface area contributed by atoms with Crippen LogP contribution in [0, 0.1) is 11.8 Å². The number of hydrogen-bond donors (Lipinski definition) is 3. The van der Waals surface area contributed by atoms with Crippen molar-refractivity contribution in [2.24, 2.45) is 11.8 Å². The average Bonchev–Trinajstić information content (AvgIpc) is 3.37. The molecule has 9 nitrogen and oxygen atoms in total. The summed E-state index contributed by atoms with van der Waals surface area (Å²) in [4.78, 5) is 38.4. The number of pyridine rings is 2. The Kier molecular flexibility index (Phi) is 6.69. The van der Waals surface area contributed by atoms with Crippen LogP contribution < -0.4 is 11.1 Å². The number of aromatic nitrogens is 4. The number of carboxylic acids is 1. The molecule has 0 bridgehead atoms. The van der Waals surface area contributed by atoms with Crippen LogP contribution in [0.1, 0.15) is 25.7 Å². The van der Waals surface area contributed by atoms with Crippen molar-refractivity contribution >= 4 is 34.5 Å². The highest BCUT2D eigenvalue weighted by molar-refractivity contribution is 5.93. The molecule has 2 atom stereocenters. The first-order chi connectivity index (χ1) is 19.5. The monoisotopic (exact) mass is 532 g/mol. The van der Waals surface area contributed by atoms with Crippen LogP contribution in [0.3, 0.4) is 0 Å². The van der Waals surface area contributed by atoms with Gasteiger partial charge in [-0.2, -0.15) is 0 Å². The third-order valence-electron chi connectivity index (χ3n) is 7.44. The van der Waals surface area contributed by atoms with Gasteiger partial charge in [-0.25, -0.2) is 15.0 Å². The number of aliphatic carboxylic acids is 1. The minimum absolute atomic E-state index is 0.148. The molecule has 2 aromatic carbocycles. The summed E-state index contributed by atoms with van der Waals surface area (Å²) in [6.45, 7) is 0. The molecular weight excluding hydrogens is 504 g/mol. The van der Waals surface area contributed by atoms with Gasteiger partial charge in [0, 0.05) is 29.1 Å². The lowest BCUT2D eigenvalue weighted by molar-refractivity contribution is -0.143. The van der Waals surface area contributed by atoms with E-state index >= 15 is 0 Å². The van der Waals surface area contributed by atoms with Crippen molar-refractivity contribution in [3.63, 3.8) is 0 Å². The van der Waals surface area contributed by atoms with Crippen molar-refractivity contribution in [1.29, 1.82) is 0 Å². The number of nitrogens with zero attached hydrogens (tertiary/aromatic N) is 4. The summed E-state index contributed by atoms with van der Waals surface area (Å²) in [6.07, 6.45) is 4.06. The number of imidazole rings is 1. The van der Waals surface area contributed by atoms with Crippen molar-refractivity contribution in [2.45, 2.75) is 25.7 Å². The number of hydrogen-bond acceptors (Lipinski definition) is 6. The van der Waals surface area contributed by atoms with E-state index in [-0.39, 0.29) is 11.8 Å². The van der Waals surface area contributed by atoms with Gasteiger partial charge in [0.05, 0.1) is 17.2 Å². The molecule has 1 amide bonds. The van der Waals surface area contributed by atoms with Gasteiger partial charge in [0.1, 0.15) is 11.3 Å². The van der Waals surface area contributed by atoms with Crippen molar-refractivity contribution in [3.8, 4) is 28.3 Å². The Morgan fingerprint density at radius 3 is 2.42 bits per heavy atom. The van der Waals surface area contributed by atoms with Crippen molar-refractivity contribution in [3.05, 3.63) is 85.1 Å². The highest BCUT2D eigenvalue weighted by atomic mass is 16.4. The van der Waals surface area contributed by atoms with Crippen LogP contribution in [0.25, 0.3) is 39.5 Å². The molecule has 1 saturated carbocycles. The smallest absolute Gasteiger partial charge is 0.306 e. The molecule has 9 heteroatoms. The third-order valence-corrected chi connectivity index (χ3v) is 7.44. The fraction of sp³-hybridized carbons (Fsp3) is 0.194. The minimum atomic E-state index is -0.830. The van der Waals surface area contributed by atoms with Crippen LogP contribution in [0.4, 0.5) is 11.5 Å². The highest BCUT2D eigenvalue weighted by Gasteiger charge is 2.31. The predicted molar refractivity (Wildman–Crippen MR) is 154 cm³/mol. The van der Waals surface area contributed by atoms with Gasteiger partial charge < -0.3 is 16.2 Å². The molecule has 0 aliphatic heterocycles. The topological polar surface area (TPSA) is 136 Å². The number of carbonyl (C=O) groups excluding carboxylic acids is 1. The van der Waals surface area contributed by atoms with Gasteiger partial charge in [0.2, 0.25) is 5.91 Å². The van der Waals surface area contributed by atoms with Crippen LogP contribution in [-0.4, -0.2) is 36.5 Å². The SMILES string of the molecule is Nc1ncccc1-c1nc2ccc(-c3ccccc3)nc2n1-c1ccc(NC(=O)C2CCCC(C(=O)O)C2)cc1. The van der Waals surface area contributed by atoms with E-state index in [9.17, 15) is 14.7 Å². The molecule has 1 aliphatic rings. The number of fused-ring (bicyclic) bond motifs is 1. The Balaban J connectivity index is 1.36. The second-order valence-corrected chi connectivity index (χ2v) is 10.0. The fourth-order valence-electron chi connectivity index (χ4n) is 5.35. The van der Waals surface area contributed by atoms with E-state index < -0.39 is 11.9 Å². The number of anilines is 2. The average molecular weight is 533 g/mol. The van der Waals surface area contributed by atoms with Gasteiger partial charge in [-0.3, -0.25) is 14.2 Å². The zero-order chi connectivity index (χ0) is 27.6. The molecule has 200 valence electrons. The summed E-state index contributed by atoms with van der Waals surface area (Å²) in [5.41, 5.74) is 11.5. The van der Waals surface area contributed by atoms with E-state index in [1.807, 2.05) is 83.4 Å². The summed E-state index contributed by atoms with van der Waals surface area (Å²) in [6, 6.07) is 25.0. The molecule has 6 rings (SSSR count). The van der Waals surface area contributed by atoms with E-state index in [1.165, 1.54) is 0 Å². The van der Waals surface area contributed by atoms with E-state index in [0.717, 1.165) is 23.4 Å². The Labute approximate surface area is 230 Å².